The highest BCUT2D eigenvalue weighted by Crippen LogP contribution is 2.39. The third-order valence-corrected chi connectivity index (χ3v) is 7.52. The summed E-state index contributed by atoms with van der Waals surface area (Å²) in [6.45, 7) is 2.56. The summed E-state index contributed by atoms with van der Waals surface area (Å²) in [5.41, 5.74) is 5.01. The number of carbonyl (C=O) groups is 1. The lowest BCUT2D eigenvalue weighted by molar-refractivity contribution is -0.116. The van der Waals surface area contributed by atoms with Gasteiger partial charge in [0, 0.05) is 46.9 Å². The van der Waals surface area contributed by atoms with E-state index in [0.29, 0.717) is 18.1 Å². The molecule has 1 amide bonds. The second-order valence-electron chi connectivity index (χ2n) is 8.91. The predicted molar refractivity (Wildman–Crippen MR) is 155 cm³/mol. The zero-order chi connectivity index (χ0) is 25.8. The average molecular weight is 575 g/mol. The number of anilines is 1. The summed E-state index contributed by atoms with van der Waals surface area (Å²) in [7, 11) is 0. The number of carbonyl (C=O) groups excluding carboxylic acids is 1. The molecule has 1 aliphatic heterocycles. The Morgan fingerprint density at radius 1 is 1.05 bits per heavy atom. The number of rotatable bonds is 8. The molecule has 1 aliphatic rings. The van der Waals surface area contributed by atoms with Crippen LogP contribution >= 0.6 is 28.1 Å². The van der Waals surface area contributed by atoms with E-state index in [2.05, 4.69) is 72.3 Å². The van der Waals surface area contributed by atoms with Crippen molar-refractivity contribution >= 4 is 44.9 Å². The minimum absolute atomic E-state index is 0.0352. The van der Waals surface area contributed by atoms with E-state index in [1.165, 1.54) is 0 Å². The Labute approximate surface area is 230 Å². The van der Waals surface area contributed by atoms with Gasteiger partial charge in [-0.05, 0) is 78.8 Å². The molecule has 3 heterocycles. The molecule has 5 rings (SSSR count). The van der Waals surface area contributed by atoms with Crippen LogP contribution in [-0.4, -0.2) is 32.0 Å². The zero-order valence-electron chi connectivity index (χ0n) is 20.5. The summed E-state index contributed by atoms with van der Waals surface area (Å²) < 4.78 is 3.20. The number of nitrogens with zero attached hydrogens (tertiary/aromatic N) is 3. The van der Waals surface area contributed by atoms with E-state index in [4.69, 9.17) is 12.2 Å². The molecule has 0 radical (unpaired) electrons. The van der Waals surface area contributed by atoms with Gasteiger partial charge >= 0.3 is 0 Å². The van der Waals surface area contributed by atoms with Crippen molar-refractivity contribution in [3.63, 3.8) is 0 Å². The molecule has 1 fully saturated rings. The highest BCUT2D eigenvalue weighted by atomic mass is 79.9. The lowest BCUT2D eigenvalue weighted by atomic mass is 10.0. The van der Waals surface area contributed by atoms with E-state index < -0.39 is 0 Å². The first-order valence-electron chi connectivity index (χ1n) is 12.3. The summed E-state index contributed by atoms with van der Waals surface area (Å²) in [6.07, 6.45) is 5.02. The molecule has 8 heteroatoms. The summed E-state index contributed by atoms with van der Waals surface area (Å²) >= 11 is 9.33. The quantitative estimate of drug-likeness (QED) is 0.246. The van der Waals surface area contributed by atoms with Crippen molar-refractivity contribution in [1.29, 1.82) is 0 Å². The Morgan fingerprint density at radius 3 is 2.59 bits per heavy atom. The van der Waals surface area contributed by atoms with Gasteiger partial charge in [0.05, 0.1) is 17.8 Å². The van der Waals surface area contributed by atoms with E-state index >= 15 is 0 Å². The Bertz CT molecular complexity index is 1390. The standard InChI is InChI=1S/C29H28BrN5OS/c1-2-20-8-3-4-9-23(20)32-26(36)16-19-35-28(27(33-29(35)37)24-10-5-6-17-31-24)25-11-7-18-34(25)22-14-12-21(30)13-15-22/h3-15,17-18,27-28H,2,16,19H2,1H3,(H,32,36)(H,33,37). The molecule has 2 aromatic heterocycles. The van der Waals surface area contributed by atoms with Crippen LogP contribution < -0.4 is 10.6 Å². The van der Waals surface area contributed by atoms with Crippen molar-refractivity contribution in [3.8, 4) is 5.69 Å². The van der Waals surface area contributed by atoms with Crippen LogP contribution in [0.5, 0.6) is 0 Å². The lowest BCUT2D eigenvalue weighted by Gasteiger charge is -2.29. The van der Waals surface area contributed by atoms with Gasteiger partial charge in [-0.3, -0.25) is 9.78 Å². The van der Waals surface area contributed by atoms with Crippen LogP contribution in [0.4, 0.5) is 5.69 Å². The number of aryl methyl sites for hydroxylation is 1. The average Bonchev–Trinajstić information content (AvgIpc) is 3.53. The minimum Gasteiger partial charge on any atom is -0.352 e. The Morgan fingerprint density at radius 2 is 1.84 bits per heavy atom. The fourth-order valence-electron chi connectivity index (χ4n) is 4.83. The maximum atomic E-state index is 13.0. The molecule has 2 atom stereocenters. The van der Waals surface area contributed by atoms with Crippen molar-refractivity contribution in [2.45, 2.75) is 31.8 Å². The van der Waals surface area contributed by atoms with Crippen LogP contribution in [0.3, 0.4) is 0 Å². The molecule has 0 aliphatic carbocycles. The predicted octanol–water partition coefficient (Wildman–Crippen LogP) is 6.20. The molecular weight excluding hydrogens is 546 g/mol. The van der Waals surface area contributed by atoms with Gasteiger partial charge in [-0.1, -0.05) is 47.1 Å². The summed E-state index contributed by atoms with van der Waals surface area (Å²) in [4.78, 5) is 19.7. The van der Waals surface area contributed by atoms with Crippen LogP contribution in [0.15, 0.2) is 95.7 Å². The van der Waals surface area contributed by atoms with E-state index in [9.17, 15) is 4.79 Å². The fraction of sp³-hybridized carbons (Fsp3) is 0.207. The molecule has 6 nitrogen and oxygen atoms in total. The number of aromatic nitrogens is 2. The molecule has 0 bridgehead atoms. The van der Waals surface area contributed by atoms with Crippen molar-refractivity contribution in [2.24, 2.45) is 0 Å². The summed E-state index contributed by atoms with van der Waals surface area (Å²) in [5, 5.41) is 7.18. The Balaban J connectivity index is 1.43. The van der Waals surface area contributed by atoms with E-state index in [-0.39, 0.29) is 18.0 Å². The van der Waals surface area contributed by atoms with Gasteiger partial charge in [-0.15, -0.1) is 0 Å². The number of para-hydroxylation sites is 1. The smallest absolute Gasteiger partial charge is 0.226 e. The van der Waals surface area contributed by atoms with Crippen molar-refractivity contribution in [2.75, 3.05) is 11.9 Å². The van der Waals surface area contributed by atoms with Crippen LogP contribution in [0.25, 0.3) is 5.69 Å². The van der Waals surface area contributed by atoms with Crippen LogP contribution in [0, 0.1) is 0 Å². The highest BCUT2D eigenvalue weighted by molar-refractivity contribution is 9.10. The minimum atomic E-state index is -0.151. The number of hydrogen-bond donors (Lipinski definition) is 2. The largest absolute Gasteiger partial charge is 0.352 e. The van der Waals surface area contributed by atoms with E-state index in [0.717, 1.165) is 39.2 Å². The van der Waals surface area contributed by atoms with Gasteiger partial charge in [0.15, 0.2) is 5.11 Å². The van der Waals surface area contributed by atoms with Crippen molar-refractivity contribution in [1.82, 2.24) is 19.8 Å². The SMILES string of the molecule is CCc1ccccc1NC(=O)CCN1C(=S)NC(c2ccccn2)C1c1cccn1-c1ccc(Br)cc1. The number of thiocarbonyl (C=S) groups is 1. The normalized spacial score (nSPS) is 17.0. The number of benzene rings is 2. The first-order valence-corrected chi connectivity index (χ1v) is 13.5. The summed E-state index contributed by atoms with van der Waals surface area (Å²) in [6, 6.07) is 25.9. The number of hydrogen-bond acceptors (Lipinski definition) is 3. The lowest BCUT2D eigenvalue weighted by Crippen LogP contribution is -2.33. The summed E-state index contributed by atoms with van der Waals surface area (Å²) in [5.74, 6) is -0.0352. The number of halogens is 1. The van der Waals surface area contributed by atoms with Crippen molar-refractivity contribution in [3.05, 3.63) is 113 Å². The van der Waals surface area contributed by atoms with E-state index in [1.807, 2.05) is 60.7 Å². The maximum Gasteiger partial charge on any atom is 0.226 e. The Hall–Kier alpha value is -3.49. The van der Waals surface area contributed by atoms with Crippen LogP contribution in [0.1, 0.15) is 42.4 Å². The molecule has 4 aromatic rings. The van der Waals surface area contributed by atoms with Gasteiger partial charge in [0.2, 0.25) is 5.91 Å². The molecule has 37 heavy (non-hydrogen) atoms. The number of nitrogens with one attached hydrogen (secondary N) is 2. The topological polar surface area (TPSA) is 62.2 Å². The first-order chi connectivity index (χ1) is 18.0. The van der Waals surface area contributed by atoms with Gasteiger partial charge < -0.3 is 20.1 Å². The molecule has 188 valence electrons. The van der Waals surface area contributed by atoms with Gasteiger partial charge in [-0.2, -0.15) is 0 Å². The second-order valence-corrected chi connectivity index (χ2v) is 10.2. The van der Waals surface area contributed by atoms with Gasteiger partial charge in [0.1, 0.15) is 0 Å². The second kappa shape index (κ2) is 11.3. The highest BCUT2D eigenvalue weighted by Gasteiger charge is 2.41. The number of amides is 1. The maximum absolute atomic E-state index is 13.0. The third kappa shape index (κ3) is 5.45. The van der Waals surface area contributed by atoms with E-state index in [1.54, 1.807) is 6.20 Å². The molecule has 2 N–H and O–H groups in total. The molecule has 2 aromatic carbocycles. The fourth-order valence-corrected chi connectivity index (χ4v) is 5.42. The van der Waals surface area contributed by atoms with Crippen molar-refractivity contribution < 1.29 is 4.79 Å². The molecular formula is C29H28BrN5OS. The first kappa shape index (κ1) is 25.2. The molecule has 0 saturated carbocycles. The monoisotopic (exact) mass is 573 g/mol. The molecule has 0 spiro atoms. The van der Waals surface area contributed by atoms with Gasteiger partial charge in [-0.25, -0.2) is 0 Å². The number of pyridine rings is 1. The molecule has 2 unspecified atom stereocenters. The molecule has 1 saturated heterocycles. The van der Waals surface area contributed by atoms with Crippen LogP contribution in [0.2, 0.25) is 0 Å². The van der Waals surface area contributed by atoms with Crippen LogP contribution in [-0.2, 0) is 11.2 Å². The Kier molecular flexibility index (Phi) is 7.67. The zero-order valence-corrected chi connectivity index (χ0v) is 22.9. The van der Waals surface area contributed by atoms with Gasteiger partial charge in [0.25, 0.3) is 0 Å². The third-order valence-electron chi connectivity index (χ3n) is 6.64.